The Bertz CT molecular complexity index is 1040. The van der Waals surface area contributed by atoms with Gasteiger partial charge in [0.05, 0.1) is 0 Å². The zero-order valence-corrected chi connectivity index (χ0v) is 23.3. The first-order valence-electron chi connectivity index (χ1n) is 10.8. The van der Waals surface area contributed by atoms with Crippen LogP contribution in [0.15, 0.2) is 121 Å². The SMILES string of the molecule is O=P(CCCP(=O)(c1ccccc1)c1ccccc1)(c1ccccc1)c1ccccc1.[Cl][Pd][Cl]. The van der Waals surface area contributed by atoms with Gasteiger partial charge in [-0.1, -0.05) is 121 Å². The fraction of sp³-hybridized carbons (Fsp3) is 0.111. The summed E-state index contributed by atoms with van der Waals surface area (Å²) in [4.78, 5) is 0. The molecule has 0 fully saturated rings. The van der Waals surface area contributed by atoms with Crippen LogP contribution in [-0.2, 0) is 25.1 Å². The summed E-state index contributed by atoms with van der Waals surface area (Å²) in [6.45, 7) is 0. The standard InChI is InChI=1S/C27H26O2P2.2ClH.Pd/c28-30(24-14-5-1-6-15-24,25-16-7-2-8-17-25)22-13-23-31(29,26-18-9-3-10-19-26)27-20-11-4-12-21-27;;;/h1-12,14-21H,13,22-23H2;2*1H;/q;;;+2/p-2. The van der Waals surface area contributed by atoms with Crippen LogP contribution < -0.4 is 21.2 Å². The third kappa shape index (κ3) is 6.83. The molecule has 0 aliphatic heterocycles. The molecule has 0 unspecified atom stereocenters. The van der Waals surface area contributed by atoms with Gasteiger partial charge in [-0.3, -0.25) is 0 Å². The maximum atomic E-state index is 14.3. The molecule has 0 aromatic heterocycles. The van der Waals surface area contributed by atoms with E-state index in [0.29, 0.717) is 18.7 Å². The molecule has 0 saturated heterocycles. The Morgan fingerprint density at radius 2 is 0.676 bits per heavy atom. The molecule has 0 aliphatic carbocycles. The van der Waals surface area contributed by atoms with Crippen LogP contribution in [0.1, 0.15) is 6.42 Å². The van der Waals surface area contributed by atoms with Crippen LogP contribution in [0.4, 0.5) is 0 Å². The van der Waals surface area contributed by atoms with E-state index in [1.54, 1.807) is 0 Å². The molecule has 34 heavy (non-hydrogen) atoms. The van der Waals surface area contributed by atoms with E-state index in [-0.39, 0.29) is 15.9 Å². The second-order valence-corrected chi connectivity index (χ2v) is 15.9. The van der Waals surface area contributed by atoms with Crippen LogP contribution >= 0.6 is 33.3 Å². The van der Waals surface area contributed by atoms with Crippen molar-refractivity contribution in [3.63, 3.8) is 0 Å². The van der Waals surface area contributed by atoms with Gasteiger partial charge >= 0.3 is 35.0 Å². The predicted octanol–water partition coefficient (Wildman–Crippen LogP) is 6.78. The Kier molecular flexibility index (Phi) is 10.9. The van der Waals surface area contributed by atoms with Gasteiger partial charge in [0.15, 0.2) is 0 Å². The van der Waals surface area contributed by atoms with Gasteiger partial charge in [-0.25, -0.2) is 0 Å². The topological polar surface area (TPSA) is 34.1 Å². The Balaban J connectivity index is 0.00000103. The summed E-state index contributed by atoms with van der Waals surface area (Å²) in [5, 5.41) is 3.43. The number of halogens is 2. The number of benzene rings is 4. The zero-order chi connectivity index (χ0) is 24.3. The minimum absolute atomic E-state index is 0.106. The van der Waals surface area contributed by atoms with Gasteiger partial charge in [-0.05, 0) is 6.42 Å². The third-order valence-electron chi connectivity index (χ3n) is 5.64. The predicted molar refractivity (Wildman–Crippen MR) is 146 cm³/mol. The molecule has 180 valence electrons. The number of rotatable bonds is 8. The maximum absolute atomic E-state index is 14.3. The zero-order valence-electron chi connectivity index (χ0n) is 18.5. The minimum atomic E-state index is -2.81. The molecule has 0 aliphatic rings. The first kappa shape index (κ1) is 27.2. The van der Waals surface area contributed by atoms with E-state index in [1.807, 2.05) is 121 Å². The van der Waals surface area contributed by atoms with E-state index in [9.17, 15) is 9.13 Å². The van der Waals surface area contributed by atoms with Crippen molar-refractivity contribution in [3.8, 4) is 0 Å². The molecular weight excluding hydrogens is 596 g/mol. The molecule has 7 heteroatoms. The summed E-state index contributed by atoms with van der Waals surface area (Å²) >= 11 is -0.106. The molecule has 0 saturated carbocycles. The second-order valence-electron chi connectivity index (χ2n) is 7.67. The van der Waals surface area contributed by atoms with Crippen LogP contribution in [-0.4, -0.2) is 12.3 Å². The number of hydrogen-bond donors (Lipinski definition) is 0. The molecule has 0 bridgehead atoms. The van der Waals surface area contributed by atoms with Crippen molar-refractivity contribution in [2.24, 2.45) is 0 Å². The van der Waals surface area contributed by atoms with Gasteiger partial charge < -0.3 is 9.13 Å². The van der Waals surface area contributed by atoms with Gasteiger partial charge in [-0.2, -0.15) is 0 Å². The molecular formula is C27H26Cl2O2P2Pd. The molecule has 0 heterocycles. The molecule has 0 amide bonds. The van der Waals surface area contributed by atoms with E-state index in [1.165, 1.54) is 0 Å². The second kappa shape index (κ2) is 13.6. The Labute approximate surface area is 218 Å². The van der Waals surface area contributed by atoms with E-state index in [2.05, 4.69) is 0 Å². The van der Waals surface area contributed by atoms with Crippen molar-refractivity contribution in [1.29, 1.82) is 0 Å². The van der Waals surface area contributed by atoms with Gasteiger partial charge in [0.25, 0.3) is 0 Å². The molecule has 4 rings (SSSR count). The van der Waals surface area contributed by atoms with E-state index in [0.717, 1.165) is 21.2 Å². The fourth-order valence-electron chi connectivity index (χ4n) is 4.01. The molecule has 4 aromatic carbocycles. The van der Waals surface area contributed by atoms with Crippen LogP contribution in [0.3, 0.4) is 0 Å². The van der Waals surface area contributed by atoms with E-state index >= 15 is 0 Å². The van der Waals surface area contributed by atoms with Gasteiger partial charge in [0.2, 0.25) is 0 Å². The number of hydrogen-bond acceptors (Lipinski definition) is 2. The monoisotopic (exact) mass is 620 g/mol. The van der Waals surface area contributed by atoms with Crippen molar-refractivity contribution in [2.75, 3.05) is 12.3 Å². The normalized spacial score (nSPS) is 11.5. The molecule has 0 radical (unpaired) electrons. The van der Waals surface area contributed by atoms with Crippen molar-refractivity contribution < 1.29 is 25.1 Å². The quantitative estimate of drug-likeness (QED) is 0.161. The van der Waals surface area contributed by atoms with Crippen LogP contribution in [0.5, 0.6) is 0 Å². The van der Waals surface area contributed by atoms with Crippen LogP contribution in [0, 0.1) is 0 Å². The molecule has 0 atom stereocenters. The summed E-state index contributed by atoms with van der Waals surface area (Å²) in [5.41, 5.74) is 0. The van der Waals surface area contributed by atoms with Gasteiger partial charge in [-0.15, -0.1) is 0 Å². The van der Waals surface area contributed by atoms with Crippen molar-refractivity contribution >= 4 is 54.6 Å². The van der Waals surface area contributed by atoms with Crippen LogP contribution in [0.2, 0.25) is 0 Å². The Morgan fingerprint density at radius 1 is 0.471 bits per heavy atom. The van der Waals surface area contributed by atoms with Crippen molar-refractivity contribution in [1.82, 2.24) is 0 Å². The average Bonchev–Trinajstić information content (AvgIpc) is 2.91. The summed E-state index contributed by atoms with van der Waals surface area (Å²) in [5.74, 6) is 0. The summed E-state index contributed by atoms with van der Waals surface area (Å²) < 4.78 is 28.6. The summed E-state index contributed by atoms with van der Waals surface area (Å²) in [6.07, 6.45) is 1.59. The molecule has 2 nitrogen and oxygen atoms in total. The Hall–Kier alpha value is -1.42. The van der Waals surface area contributed by atoms with Crippen molar-refractivity contribution in [3.05, 3.63) is 121 Å². The first-order chi connectivity index (χ1) is 16.5. The first-order valence-corrected chi connectivity index (χ1v) is 18.6. The van der Waals surface area contributed by atoms with Gasteiger partial charge in [0.1, 0.15) is 14.3 Å². The molecule has 0 N–H and O–H groups in total. The third-order valence-corrected chi connectivity index (χ3v) is 12.1. The average molecular weight is 622 g/mol. The van der Waals surface area contributed by atoms with E-state index < -0.39 is 14.3 Å². The Morgan fingerprint density at radius 3 is 0.882 bits per heavy atom. The van der Waals surface area contributed by atoms with E-state index in [4.69, 9.17) is 19.1 Å². The summed E-state index contributed by atoms with van der Waals surface area (Å²) in [6, 6.07) is 38.8. The van der Waals surface area contributed by atoms with Crippen molar-refractivity contribution in [2.45, 2.75) is 6.42 Å². The summed E-state index contributed by atoms with van der Waals surface area (Å²) in [7, 11) is 4.00. The fourth-order valence-corrected chi connectivity index (χ4v) is 9.71. The molecule has 4 aromatic rings. The van der Waals surface area contributed by atoms with Crippen LogP contribution in [0.25, 0.3) is 0 Å². The van der Waals surface area contributed by atoms with Gasteiger partial charge in [0, 0.05) is 33.5 Å². The molecule has 0 spiro atoms.